The molecule has 1 amide bonds. The molecule has 4 rings (SSSR count). The molecular formula is C22H19N3O4. The van der Waals surface area contributed by atoms with Crippen molar-refractivity contribution < 1.29 is 18.7 Å². The summed E-state index contributed by atoms with van der Waals surface area (Å²) in [5.74, 6) is -0.980. The molecule has 0 spiro atoms. The summed E-state index contributed by atoms with van der Waals surface area (Å²) in [5.41, 5.74) is 3.64. The number of aromatic nitrogens is 2. The molecule has 4 aromatic rings. The van der Waals surface area contributed by atoms with E-state index in [-0.39, 0.29) is 5.91 Å². The maximum atomic E-state index is 12.8. The Kier molecular flexibility index (Phi) is 4.95. The van der Waals surface area contributed by atoms with Gasteiger partial charge in [-0.2, -0.15) is 0 Å². The lowest BCUT2D eigenvalue weighted by atomic mass is 10.1. The van der Waals surface area contributed by atoms with Gasteiger partial charge in [-0.05, 0) is 43.7 Å². The Hall–Kier alpha value is -3.74. The molecule has 7 heteroatoms. The van der Waals surface area contributed by atoms with Gasteiger partial charge in [-0.15, -0.1) is 0 Å². The number of hydrogen-bond acceptors (Lipinski definition) is 6. The zero-order valence-electron chi connectivity index (χ0n) is 16.0. The molecule has 1 unspecified atom stereocenters. The molecule has 0 aliphatic heterocycles. The summed E-state index contributed by atoms with van der Waals surface area (Å²) in [6.45, 7) is 3.65. The molecule has 0 aliphatic carbocycles. The minimum absolute atomic E-state index is 0.308. The molecule has 29 heavy (non-hydrogen) atoms. The largest absolute Gasteiger partial charge is 0.449 e. The lowest BCUT2D eigenvalue weighted by Crippen LogP contribution is -2.32. The quantitative estimate of drug-likeness (QED) is 0.513. The van der Waals surface area contributed by atoms with Crippen LogP contribution < -0.4 is 5.32 Å². The number of oxazole rings is 1. The Labute approximate surface area is 166 Å². The summed E-state index contributed by atoms with van der Waals surface area (Å²) in [4.78, 5) is 33.8. The van der Waals surface area contributed by atoms with Gasteiger partial charge in [-0.1, -0.05) is 25.1 Å². The molecule has 146 valence electrons. The summed E-state index contributed by atoms with van der Waals surface area (Å²) >= 11 is 0. The van der Waals surface area contributed by atoms with Gasteiger partial charge in [0, 0.05) is 11.1 Å². The van der Waals surface area contributed by atoms with Gasteiger partial charge in [0.2, 0.25) is 0 Å². The summed E-state index contributed by atoms with van der Waals surface area (Å²) < 4.78 is 10.6. The number of anilines is 1. The second-order valence-electron chi connectivity index (χ2n) is 6.65. The second kappa shape index (κ2) is 7.71. The van der Waals surface area contributed by atoms with Crippen molar-refractivity contribution in [2.45, 2.75) is 26.4 Å². The van der Waals surface area contributed by atoms with Crippen molar-refractivity contribution in [2.24, 2.45) is 0 Å². The molecule has 0 radical (unpaired) electrons. The van der Waals surface area contributed by atoms with Crippen LogP contribution in [0.1, 0.15) is 29.4 Å². The molecule has 0 fully saturated rings. The van der Waals surface area contributed by atoms with E-state index in [2.05, 4.69) is 15.3 Å². The van der Waals surface area contributed by atoms with Gasteiger partial charge in [0.1, 0.15) is 5.52 Å². The Morgan fingerprint density at radius 2 is 1.97 bits per heavy atom. The van der Waals surface area contributed by atoms with Crippen LogP contribution in [0.5, 0.6) is 0 Å². The predicted octanol–water partition coefficient (Wildman–Crippen LogP) is 4.26. The van der Waals surface area contributed by atoms with Crippen LogP contribution in [0.15, 0.2) is 59.3 Å². The number of carbonyl (C=O) groups is 2. The number of esters is 1. The lowest BCUT2D eigenvalue weighted by Gasteiger charge is -2.17. The minimum Gasteiger partial charge on any atom is -0.449 e. The van der Waals surface area contributed by atoms with Crippen LogP contribution in [-0.4, -0.2) is 27.9 Å². The highest BCUT2D eigenvalue weighted by Gasteiger charge is 2.23. The summed E-state index contributed by atoms with van der Waals surface area (Å²) in [5, 5.41) is 3.70. The Bertz CT molecular complexity index is 1220. The molecule has 0 aliphatic rings. The molecule has 0 saturated carbocycles. The topological polar surface area (TPSA) is 94.3 Å². The van der Waals surface area contributed by atoms with Crippen LogP contribution in [-0.2, 0) is 9.53 Å². The highest BCUT2D eigenvalue weighted by Crippen LogP contribution is 2.23. The number of para-hydroxylation sites is 1. The van der Waals surface area contributed by atoms with Gasteiger partial charge in [0.05, 0.1) is 16.8 Å². The molecule has 0 saturated heterocycles. The van der Waals surface area contributed by atoms with Gasteiger partial charge in [-0.25, -0.2) is 9.78 Å². The number of amides is 1. The standard InChI is InChI=1S/C22H19N3O4/c1-3-19(29-22(27)14-8-9-20-18(11-14)23-12-28-20)21(26)25-17-10-13(2)24-16-7-5-4-6-15(16)17/h4-12,19H,3H2,1-2H3,(H,24,25,26). The maximum Gasteiger partial charge on any atom is 0.338 e. The van der Waals surface area contributed by atoms with Crippen molar-refractivity contribution >= 4 is 39.6 Å². The average molecular weight is 389 g/mol. The fraction of sp³-hybridized carbons (Fsp3) is 0.182. The molecule has 2 heterocycles. The Morgan fingerprint density at radius 3 is 2.79 bits per heavy atom. The number of benzene rings is 2. The van der Waals surface area contributed by atoms with Crippen molar-refractivity contribution in [3.63, 3.8) is 0 Å². The molecule has 7 nitrogen and oxygen atoms in total. The predicted molar refractivity (Wildman–Crippen MR) is 109 cm³/mol. The first-order chi connectivity index (χ1) is 14.0. The fourth-order valence-corrected chi connectivity index (χ4v) is 3.13. The monoisotopic (exact) mass is 389 g/mol. The van der Waals surface area contributed by atoms with Gasteiger partial charge in [0.25, 0.3) is 5.91 Å². The van der Waals surface area contributed by atoms with Crippen molar-refractivity contribution in [1.82, 2.24) is 9.97 Å². The zero-order chi connectivity index (χ0) is 20.4. The first kappa shape index (κ1) is 18.6. The minimum atomic E-state index is -0.928. The van der Waals surface area contributed by atoms with E-state index in [0.29, 0.717) is 28.8 Å². The van der Waals surface area contributed by atoms with E-state index >= 15 is 0 Å². The van der Waals surface area contributed by atoms with Crippen molar-refractivity contribution in [2.75, 3.05) is 5.32 Å². The van der Waals surface area contributed by atoms with Crippen LogP contribution in [0.2, 0.25) is 0 Å². The molecular weight excluding hydrogens is 370 g/mol. The number of nitrogens with one attached hydrogen (secondary N) is 1. The number of aryl methyl sites for hydroxylation is 1. The highest BCUT2D eigenvalue weighted by atomic mass is 16.5. The molecule has 2 aromatic heterocycles. The Morgan fingerprint density at radius 1 is 1.14 bits per heavy atom. The van der Waals surface area contributed by atoms with Crippen molar-refractivity contribution in [1.29, 1.82) is 0 Å². The third-order valence-electron chi connectivity index (χ3n) is 4.58. The van der Waals surface area contributed by atoms with E-state index in [9.17, 15) is 9.59 Å². The molecule has 2 aromatic carbocycles. The van der Waals surface area contributed by atoms with Crippen LogP contribution in [0, 0.1) is 6.92 Å². The second-order valence-corrected chi connectivity index (χ2v) is 6.65. The number of fused-ring (bicyclic) bond motifs is 2. The number of hydrogen-bond donors (Lipinski definition) is 1. The van der Waals surface area contributed by atoms with Crippen LogP contribution in [0.3, 0.4) is 0 Å². The van der Waals surface area contributed by atoms with E-state index in [1.807, 2.05) is 31.2 Å². The van der Waals surface area contributed by atoms with E-state index in [1.165, 1.54) is 6.39 Å². The number of pyridine rings is 1. The van der Waals surface area contributed by atoms with Gasteiger partial charge in [-0.3, -0.25) is 9.78 Å². The van der Waals surface area contributed by atoms with Gasteiger partial charge >= 0.3 is 5.97 Å². The third-order valence-corrected chi connectivity index (χ3v) is 4.58. The molecule has 0 bridgehead atoms. The van der Waals surface area contributed by atoms with Crippen LogP contribution in [0.4, 0.5) is 5.69 Å². The zero-order valence-corrected chi connectivity index (χ0v) is 16.0. The van der Waals surface area contributed by atoms with E-state index in [0.717, 1.165) is 16.6 Å². The molecule has 1 atom stereocenters. The smallest absolute Gasteiger partial charge is 0.338 e. The van der Waals surface area contributed by atoms with Crippen LogP contribution in [0.25, 0.3) is 22.0 Å². The maximum absolute atomic E-state index is 12.8. The third kappa shape index (κ3) is 3.80. The summed E-state index contributed by atoms with van der Waals surface area (Å²) in [6, 6.07) is 14.1. The van der Waals surface area contributed by atoms with E-state index in [1.54, 1.807) is 31.2 Å². The van der Waals surface area contributed by atoms with Gasteiger partial charge < -0.3 is 14.5 Å². The van der Waals surface area contributed by atoms with Crippen LogP contribution >= 0.6 is 0 Å². The lowest BCUT2D eigenvalue weighted by molar-refractivity contribution is -0.124. The molecule has 1 N–H and O–H groups in total. The van der Waals surface area contributed by atoms with Crippen molar-refractivity contribution in [3.8, 4) is 0 Å². The SMILES string of the molecule is CCC(OC(=O)c1ccc2ocnc2c1)C(=O)Nc1cc(C)nc2ccccc12. The van der Waals surface area contributed by atoms with E-state index in [4.69, 9.17) is 9.15 Å². The number of nitrogens with zero attached hydrogens (tertiary/aromatic N) is 2. The normalized spacial score (nSPS) is 12.1. The highest BCUT2D eigenvalue weighted by molar-refractivity contribution is 6.04. The van der Waals surface area contributed by atoms with Gasteiger partial charge in [0.15, 0.2) is 18.1 Å². The summed E-state index contributed by atoms with van der Waals surface area (Å²) in [7, 11) is 0. The fourth-order valence-electron chi connectivity index (χ4n) is 3.13. The first-order valence-corrected chi connectivity index (χ1v) is 9.26. The number of rotatable bonds is 5. The summed E-state index contributed by atoms with van der Waals surface area (Å²) in [6.07, 6.45) is 0.720. The van der Waals surface area contributed by atoms with Crippen molar-refractivity contribution in [3.05, 3.63) is 66.2 Å². The van der Waals surface area contributed by atoms with E-state index < -0.39 is 12.1 Å². The first-order valence-electron chi connectivity index (χ1n) is 9.26. The number of carbonyl (C=O) groups excluding carboxylic acids is 2. The average Bonchev–Trinajstić information content (AvgIpc) is 3.19. The Balaban J connectivity index is 1.53. The number of ether oxygens (including phenoxy) is 1.